The quantitative estimate of drug-likeness (QED) is 0.773. The van der Waals surface area contributed by atoms with Crippen LogP contribution in [0, 0.1) is 0 Å². The van der Waals surface area contributed by atoms with E-state index in [-0.39, 0.29) is 6.04 Å². The van der Waals surface area contributed by atoms with E-state index in [1.807, 2.05) is 6.07 Å². The fourth-order valence-corrected chi connectivity index (χ4v) is 1.69. The van der Waals surface area contributed by atoms with Crippen molar-refractivity contribution < 1.29 is 9.47 Å². The van der Waals surface area contributed by atoms with Crippen LogP contribution in [-0.4, -0.2) is 45.0 Å². The molecule has 0 aliphatic rings. The zero-order valence-corrected chi connectivity index (χ0v) is 10.7. The summed E-state index contributed by atoms with van der Waals surface area (Å²) in [5, 5.41) is 0. The van der Waals surface area contributed by atoms with Crippen LogP contribution in [0.1, 0.15) is 6.92 Å². The number of methoxy groups -OCH3 is 2. The van der Waals surface area contributed by atoms with Crippen LogP contribution in [0.3, 0.4) is 0 Å². The second-order valence-electron chi connectivity index (χ2n) is 3.93. The van der Waals surface area contributed by atoms with Gasteiger partial charge in [0.15, 0.2) is 0 Å². The minimum absolute atomic E-state index is 0.264. The SMILES string of the molecule is COCCN(c1ccc(N)nc1)C(C)COC. The molecule has 0 radical (unpaired) electrons. The van der Waals surface area contributed by atoms with Crippen molar-refractivity contribution in [2.24, 2.45) is 0 Å². The molecule has 0 amide bonds. The topological polar surface area (TPSA) is 60.6 Å². The van der Waals surface area contributed by atoms with E-state index in [9.17, 15) is 0 Å². The van der Waals surface area contributed by atoms with Crippen LogP contribution < -0.4 is 10.6 Å². The van der Waals surface area contributed by atoms with Crippen molar-refractivity contribution >= 4 is 11.5 Å². The van der Waals surface area contributed by atoms with Gasteiger partial charge in [-0.3, -0.25) is 0 Å². The van der Waals surface area contributed by atoms with Gasteiger partial charge in [0.1, 0.15) is 5.82 Å². The molecule has 0 aliphatic carbocycles. The van der Waals surface area contributed by atoms with Gasteiger partial charge in [0.2, 0.25) is 0 Å². The summed E-state index contributed by atoms with van der Waals surface area (Å²) in [5.74, 6) is 0.528. The monoisotopic (exact) mass is 239 g/mol. The van der Waals surface area contributed by atoms with Crippen molar-refractivity contribution in [2.45, 2.75) is 13.0 Å². The first-order chi connectivity index (χ1) is 8.19. The lowest BCUT2D eigenvalue weighted by molar-refractivity contribution is 0.171. The molecule has 1 atom stereocenters. The average molecular weight is 239 g/mol. The van der Waals surface area contributed by atoms with Gasteiger partial charge in [0, 0.05) is 26.8 Å². The number of hydrogen-bond acceptors (Lipinski definition) is 5. The van der Waals surface area contributed by atoms with Gasteiger partial charge in [-0.15, -0.1) is 0 Å². The largest absolute Gasteiger partial charge is 0.384 e. The Balaban J connectivity index is 2.77. The number of hydrogen-bond donors (Lipinski definition) is 1. The summed E-state index contributed by atoms with van der Waals surface area (Å²) >= 11 is 0. The molecule has 0 spiro atoms. The van der Waals surface area contributed by atoms with Gasteiger partial charge in [-0.2, -0.15) is 0 Å². The Hall–Kier alpha value is -1.33. The summed E-state index contributed by atoms with van der Waals surface area (Å²) in [5.41, 5.74) is 6.61. The van der Waals surface area contributed by atoms with Gasteiger partial charge < -0.3 is 20.1 Å². The molecule has 0 fully saturated rings. The molecule has 1 heterocycles. The maximum Gasteiger partial charge on any atom is 0.123 e. The van der Waals surface area contributed by atoms with Crippen molar-refractivity contribution in [2.75, 3.05) is 44.6 Å². The number of pyridine rings is 1. The molecule has 1 unspecified atom stereocenters. The maximum absolute atomic E-state index is 5.58. The fraction of sp³-hybridized carbons (Fsp3) is 0.583. The Morgan fingerprint density at radius 1 is 1.35 bits per heavy atom. The summed E-state index contributed by atoms with van der Waals surface area (Å²) in [6.45, 7) is 4.23. The molecule has 17 heavy (non-hydrogen) atoms. The zero-order valence-electron chi connectivity index (χ0n) is 10.7. The Kier molecular flexibility index (Phi) is 5.72. The van der Waals surface area contributed by atoms with Crippen molar-refractivity contribution in [3.63, 3.8) is 0 Å². The smallest absolute Gasteiger partial charge is 0.123 e. The van der Waals surface area contributed by atoms with E-state index in [1.54, 1.807) is 26.5 Å². The highest BCUT2D eigenvalue weighted by molar-refractivity contribution is 5.48. The molecule has 0 aliphatic heterocycles. The molecule has 0 saturated carbocycles. The van der Waals surface area contributed by atoms with Crippen molar-refractivity contribution in [3.8, 4) is 0 Å². The van der Waals surface area contributed by atoms with Crippen molar-refractivity contribution in [3.05, 3.63) is 18.3 Å². The lowest BCUT2D eigenvalue weighted by Crippen LogP contribution is -2.38. The van der Waals surface area contributed by atoms with Crippen molar-refractivity contribution in [1.82, 2.24) is 4.98 Å². The molecular weight excluding hydrogens is 218 g/mol. The molecule has 5 heteroatoms. The molecule has 96 valence electrons. The van der Waals surface area contributed by atoms with Crippen LogP contribution in [0.25, 0.3) is 0 Å². The highest BCUT2D eigenvalue weighted by Crippen LogP contribution is 2.16. The second kappa shape index (κ2) is 7.09. The lowest BCUT2D eigenvalue weighted by atomic mass is 10.2. The van der Waals surface area contributed by atoms with Crippen molar-refractivity contribution in [1.29, 1.82) is 0 Å². The first-order valence-corrected chi connectivity index (χ1v) is 5.65. The summed E-state index contributed by atoms with van der Waals surface area (Å²) in [7, 11) is 3.40. The van der Waals surface area contributed by atoms with Gasteiger partial charge in [0.25, 0.3) is 0 Å². The summed E-state index contributed by atoms with van der Waals surface area (Å²) < 4.78 is 10.3. The Bertz CT molecular complexity index is 316. The molecule has 1 aromatic heterocycles. The average Bonchev–Trinajstić information content (AvgIpc) is 2.32. The number of anilines is 2. The predicted molar refractivity (Wildman–Crippen MR) is 69.2 cm³/mol. The lowest BCUT2D eigenvalue weighted by Gasteiger charge is -2.30. The summed E-state index contributed by atoms with van der Waals surface area (Å²) in [6, 6.07) is 4.03. The number of rotatable bonds is 7. The van der Waals surface area contributed by atoms with E-state index in [0.29, 0.717) is 19.0 Å². The maximum atomic E-state index is 5.58. The molecule has 5 nitrogen and oxygen atoms in total. The number of aromatic nitrogens is 1. The number of nitrogens with two attached hydrogens (primary N) is 1. The van der Waals surface area contributed by atoms with Crippen LogP contribution in [0.4, 0.5) is 11.5 Å². The number of ether oxygens (including phenoxy) is 2. The first kappa shape index (κ1) is 13.7. The standard InChI is InChI=1S/C12H21N3O2/c1-10(9-17-3)15(6-7-16-2)11-4-5-12(13)14-8-11/h4-5,8,10H,6-7,9H2,1-3H3,(H2,13,14). The Morgan fingerprint density at radius 3 is 2.65 bits per heavy atom. The number of nitrogens with zero attached hydrogens (tertiary/aromatic N) is 2. The molecule has 0 bridgehead atoms. The molecular formula is C12H21N3O2. The molecule has 2 N–H and O–H groups in total. The minimum Gasteiger partial charge on any atom is -0.384 e. The number of nitrogen functional groups attached to an aromatic ring is 1. The van der Waals surface area contributed by atoms with E-state index in [4.69, 9.17) is 15.2 Å². The van der Waals surface area contributed by atoms with E-state index in [1.165, 1.54) is 0 Å². The van der Waals surface area contributed by atoms with E-state index in [2.05, 4.69) is 16.8 Å². The predicted octanol–water partition coefficient (Wildman–Crippen LogP) is 1.15. The molecule has 1 aromatic rings. The highest BCUT2D eigenvalue weighted by atomic mass is 16.5. The van der Waals surface area contributed by atoms with Crippen LogP contribution in [0.15, 0.2) is 18.3 Å². The van der Waals surface area contributed by atoms with E-state index < -0.39 is 0 Å². The summed E-state index contributed by atoms with van der Waals surface area (Å²) in [4.78, 5) is 6.30. The van der Waals surface area contributed by atoms with Gasteiger partial charge in [-0.25, -0.2) is 4.98 Å². The van der Waals surface area contributed by atoms with Gasteiger partial charge in [0.05, 0.1) is 25.1 Å². The minimum atomic E-state index is 0.264. The normalized spacial score (nSPS) is 12.4. The summed E-state index contributed by atoms with van der Waals surface area (Å²) in [6.07, 6.45) is 1.77. The van der Waals surface area contributed by atoms with Crippen LogP contribution in [0.5, 0.6) is 0 Å². The molecule has 1 rings (SSSR count). The van der Waals surface area contributed by atoms with Gasteiger partial charge in [-0.05, 0) is 19.1 Å². The zero-order chi connectivity index (χ0) is 12.7. The third-order valence-corrected chi connectivity index (χ3v) is 2.58. The molecule has 0 aromatic carbocycles. The Morgan fingerprint density at radius 2 is 2.12 bits per heavy atom. The third-order valence-electron chi connectivity index (χ3n) is 2.58. The van der Waals surface area contributed by atoms with E-state index in [0.717, 1.165) is 12.2 Å². The Labute approximate surface area is 103 Å². The van der Waals surface area contributed by atoms with Gasteiger partial charge in [-0.1, -0.05) is 0 Å². The first-order valence-electron chi connectivity index (χ1n) is 5.65. The van der Waals surface area contributed by atoms with Crippen LogP contribution >= 0.6 is 0 Å². The van der Waals surface area contributed by atoms with Gasteiger partial charge >= 0.3 is 0 Å². The molecule has 0 saturated heterocycles. The second-order valence-corrected chi connectivity index (χ2v) is 3.93. The highest BCUT2D eigenvalue weighted by Gasteiger charge is 2.14. The fourth-order valence-electron chi connectivity index (χ4n) is 1.69. The van der Waals surface area contributed by atoms with E-state index >= 15 is 0 Å². The van der Waals surface area contributed by atoms with Crippen LogP contribution in [0.2, 0.25) is 0 Å². The van der Waals surface area contributed by atoms with Crippen LogP contribution in [-0.2, 0) is 9.47 Å². The third kappa shape index (κ3) is 4.20.